The number of para-hydroxylation sites is 1. The average molecular weight is 489 g/mol. The van der Waals surface area contributed by atoms with Crippen LogP contribution in [0.2, 0.25) is 0 Å². The summed E-state index contributed by atoms with van der Waals surface area (Å²) < 4.78 is 52.5. The number of hydrogen-bond donors (Lipinski definition) is 1. The maximum Gasteiger partial charge on any atom is 0.295 e. The van der Waals surface area contributed by atoms with E-state index in [-0.39, 0.29) is 16.6 Å². The van der Waals surface area contributed by atoms with Crippen molar-refractivity contribution in [2.75, 3.05) is 21.3 Å². The maximum absolute atomic E-state index is 12.7. The van der Waals surface area contributed by atoms with E-state index >= 15 is 0 Å². The first-order valence-corrected chi connectivity index (χ1v) is 13.2. The molecule has 8 heteroatoms. The Labute approximate surface area is 197 Å². The average Bonchev–Trinajstić information content (AvgIpc) is 2.78. The quantitative estimate of drug-likeness (QED) is 0.379. The second kappa shape index (κ2) is 10.1. The summed E-state index contributed by atoms with van der Waals surface area (Å²) in [6.45, 7) is 5.80. The maximum atomic E-state index is 12.7. The zero-order valence-electron chi connectivity index (χ0n) is 19.6. The van der Waals surface area contributed by atoms with Gasteiger partial charge < -0.3 is 14.2 Å². The zero-order chi connectivity index (χ0) is 24.3. The second-order valence-electron chi connectivity index (χ2n) is 7.78. The summed E-state index contributed by atoms with van der Waals surface area (Å²) in [6, 6.07) is 17.2. The van der Waals surface area contributed by atoms with Crippen molar-refractivity contribution in [3.63, 3.8) is 0 Å². The van der Waals surface area contributed by atoms with Crippen LogP contribution in [0.4, 0.5) is 0 Å². The Morgan fingerprint density at radius 3 is 1.94 bits per heavy atom. The monoisotopic (exact) mass is 488 g/mol. The van der Waals surface area contributed by atoms with Crippen LogP contribution in [0.1, 0.15) is 30.9 Å². The Hall–Kier alpha value is -2.60. The molecule has 3 aromatic rings. The molecule has 0 heterocycles. The third-order valence-corrected chi connectivity index (χ3v) is 9.22. The van der Waals surface area contributed by atoms with Crippen LogP contribution in [-0.4, -0.2) is 34.3 Å². The van der Waals surface area contributed by atoms with Gasteiger partial charge in [-0.3, -0.25) is 4.55 Å². The number of methoxy groups -OCH3 is 3. The third-order valence-electron chi connectivity index (χ3n) is 5.45. The molecule has 0 fully saturated rings. The van der Waals surface area contributed by atoms with E-state index in [0.29, 0.717) is 22.4 Å². The van der Waals surface area contributed by atoms with Crippen LogP contribution in [0, 0.1) is 6.92 Å². The van der Waals surface area contributed by atoms with Gasteiger partial charge >= 0.3 is 0 Å². The van der Waals surface area contributed by atoms with E-state index < -0.39 is 18.0 Å². The summed E-state index contributed by atoms with van der Waals surface area (Å²) >= 11 is 0. The molecule has 0 spiro atoms. The van der Waals surface area contributed by atoms with Crippen LogP contribution in [0.5, 0.6) is 17.2 Å². The first-order valence-electron chi connectivity index (χ1n) is 10.4. The summed E-state index contributed by atoms with van der Waals surface area (Å²) in [4.78, 5) is -0.171. The van der Waals surface area contributed by atoms with Crippen molar-refractivity contribution in [3.8, 4) is 17.2 Å². The summed E-state index contributed by atoms with van der Waals surface area (Å²) in [5.41, 5.74) is 1.38. The highest BCUT2D eigenvalue weighted by molar-refractivity contribution is 7.88. The standard InChI is InChI=1S/C25H29O6PS/c1-16(2)18-11-7-9-13-21(18)32(22-14-10-8-12-19(22)29-4)23-15-20(30-5)24(31-6)17(3)25(23)33(26,27)28/h7-16H,1-6H3,(H,26,27,28). The molecule has 6 nitrogen and oxygen atoms in total. The first kappa shape index (κ1) is 25.0. The van der Waals surface area contributed by atoms with Crippen LogP contribution in [-0.2, 0) is 10.1 Å². The van der Waals surface area contributed by atoms with Crippen molar-refractivity contribution < 1.29 is 27.2 Å². The van der Waals surface area contributed by atoms with Gasteiger partial charge in [0.05, 0.1) is 21.3 Å². The lowest BCUT2D eigenvalue weighted by Crippen LogP contribution is -2.29. The molecule has 176 valence electrons. The van der Waals surface area contributed by atoms with Gasteiger partial charge in [0.2, 0.25) is 0 Å². The molecule has 0 amide bonds. The smallest absolute Gasteiger partial charge is 0.295 e. The van der Waals surface area contributed by atoms with Crippen LogP contribution < -0.4 is 30.1 Å². The van der Waals surface area contributed by atoms with Gasteiger partial charge in [-0.2, -0.15) is 8.42 Å². The molecule has 0 saturated carbocycles. The van der Waals surface area contributed by atoms with Crippen molar-refractivity contribution in [2.24, 2.45) is 0 Å². The van der Waals surface area contributed by atoms with Crippen molar-refractivity contribution in [2.45, 2.75) is 31.6 Å². The van der Waals surface area contributed by atoms with Crippen molar-refractivity contribution in [1.29, 1.82) is 0 Å². The minimum absolute atomic E-state index is 0.171. The fourth-order valence-electron chi connectivity index (χ4n) is 4.02. The van der Waals surface area contributed by atoms with Crippen molar-refractivity contribution >= 4 is 34.0 Å². The number of ether oxygens (including phenoxy) is 3. The largest absolute Gasteiger partial charge is 0.496 e. The molecule has 0 saturated heterocycles. The van der Waals surface area contributed by atoms with E-state index in [1.807, 2.05) is 48.5 Å². The van der Waals surface area contributed by atoms with Crippen LogP contribution >= 0.6 is 7.92 Å². The van der Waals surface area contributed by atoms with Gasteiger partial charge in [0, 0.05) is 16.2 Å². The topological polar surface area (TPSA) is 82.1 Å². The van der Waals surface area contributed by atoms with Crippen molar-refractivity contribution in [1.82, 2.24) is 0 Å². The molecule has 0 bridgehead atoms. The fraction of sp³-hybridized carbons (Fsp3) is 0.280. The molecule has 0 aliphatic rings. The van der Waals surface area contributed by atoms with Crippen LogP contribution in [0.3, 0.4) is 0 Å². The molecule has 1 unspecified atom stereocenters. The summed E-state index contributed by atoms with van der Waals surface area (Å²) in [5, 5.41) is 2.25. The third kappa shape index (κ3) is 4.86. The molecule has 0 aliphatic carbocycles. The molecule has 1 N–H and O–H groups in total. The summed E-state index contributed by atoms with van der Waals surface area (Å²) in [7, 11) is -1.53. The summed E-state index contributed by atoms with van der Waals surface area (Å²) in [6.07, 6.45) is 0. The van der Waals surface area contributed by atoms with Crippen LogP contribution in [0.15, 0.2) is 59.5 Å². The fourth-order valence-corrected chi connectivity index (χ4v) is 8.28. The predicted molar refractivity (Wildman–Crippen MR) is 133 cm³/mol. The van der Waals surface area contributed by atoms with Gasteiger partial charge in [0.1, 0.15) is 10.6 Å². The van der Waals surface area contributed by atoms with Gasteiger partial charge in [-0.15, -0.1) is 0 Å². The molecule has 1 atom stereocenters. The van der Waals surface area contributed by atoms with E-state index in [1.54, 1.807) is 20.1 Å². The van der Waals surface area contributed by atoms with E-state index in [9.17, 15) is 13.0 Å². The Morgan fingerprint density at radius 1 is 0.818 bits per heavy atom. The highest BCUT2D eigenvalue weighted by atomic mass is 32.2. The number of rotatable bonds is 8. The highest BCUT2D eigenvalue weighted by Gasteiger charge is 2.33. The lowest BCUT2D eigenvalue weighted by molar-refractivity contribution is 0.351. The molecule has 0 radical (unpaired) electrons. The highest BCUT2D eigenvalue weighted by Crippen LogP contribution is 2.45. The second-order valence-corrected chi connectivity index (χ2v) is 11.3. The van der Waals surface area contributed by atoms with E-state index in [4.69, 9.17) is 14.2 Å². The first-order chi connectivity index (χ1) is 15.6. The Balaban J connectivity index is 2.54. The molecule has 0 aromatic heterocycles. The van der Waals surface area contributed by atoms with Gasteiger partial charge in [0.25, 0.3) is 10.1 Å². The Kier molecular flexibility index (Phi) is 7.68. The number of benzene rings is 3. The Morgan fingerprint density at radius 2 is 1.39 bits per heavy atom. The summed E-state index contributed by atoms with van der Waals surface area (Å²) in [5.74, 6) is 1.48. The van der Waals surface area contributed by atoms with Gasteiger partial charge in [-0.1, -0.05) is 56.3 Å². The zero-order valence-corrected chi connectivity index (χ0v) is 21.3. The van der Waals surface area contributed by atoms with Crippen LogP contribution in [0.25, 0.3) is 0 Å². The SMILES string of the molecule is COc1ccccc1P(c1ccccc1C(C)C)c1cc(OC)c(OC)c(C)c1S(=O)(=O)O. The lowest BCUT2D eigenvalue weighted by atomic mass is 10.0. The van der Waals surface area contributed by atoms with Gasteiger partial charge in [-0.25, -0.2) is 0 Å². The molecule has 3 rings (SSSR count). The molecular formula is C25H29O6PS. The lowest BCUT2D eigenvalue weighted by Gasteiger charge is -2.28. The number of hydrogen-bond acceptors (Lipinski definition) is 5. The van der Waals surface area contributed by atoms with E-state index in [1.165, 1.54) is 14.2 Å². The van der Waals surface area contributed by atoms with Gasteiger partial charge in [0.15, 0.2) is 11.5 Å². The molecule has 3 aromatic carbocycles. The predicted octanol–water partition coefficient (Wildman–Crippen LogP) is 4.15. The minimum Gasteiger partial charge on any atom is -0.496 e. The van der Waals surface area contributed by atoms with Crippen molar-refractivity contribution in [3.05, 3.63) is 65.7 Å². The molecule has 0 aliphatic heterocycles. The van der Waals surface area contributed by atoms with E-state index in [2.05, 4.69) is 13.8 Å². The molecular weight excluding hydrogens is 459 g/mol. The molecule has 33 heavy (non-hydrogen) atoms. The Bertz CT molecular complexity index is 1250. The minimum atomic E-state index is -4.60. The van der Waals surface area contributed by atoms with Gasteiger partial charge in [-0.05, 0) is 43.8 Å². The van der Waals surface area contributed by atoms with E-state index in [0.717, 1.165) is 16.2 Å². The normalized spacial score (nSPS) is 12.5.